The van der Waals surface area contributed by atoms with E-state index in [1.165, 1.54) is 12.1 Å². The summed E-state index contributed by atoms with van der Waals surface area (Å²) in [6.45, 7) is 1.87. The van der Waals surface area contributed by atoms with Gasteiger partial charge in [-0.3, -0.25) is 15.5 Å². The lowest BCUT2D eigenvalue weighted by atomic mass is 10.2. The summed E-state index contributed by atoms with van der Waals surface area (Å²) < 4.78 is 0. The van der Waals surface area contributed by atoms with Gasteiger partial charge in [0.25, 0.3) is 5.69 Å². The van der Waals surface area contributed by atoms with Crippen LogP contribution in [0.1, 0.15) is 12.5 Å². The van der Waals surface area contributed by atoms with E-state index in [-0.39, 0.29) is 5.69 Å². The fourth-order valence-electron chi connectivity index (χ4n) is 1.63. The van der Waals surface area contributed by atoms with Crippen molar-refractivity contribution in [2.75, 3.05) is 5.43 Å². The Bertz CT molecular complexity index is 662. The molecular weight excluding hydrogens is 266 g/mol. The minimum Gasteiger partial charge on any atom is -0.278 e. The molecule has 0 aromatic heterocycles. The largest absolute Gasteiger partial charge is 0.278 e. The molecular formula is C16H15N3O2. The lowest BCUT2D eigenvalue weighted by Gasteiger charge is -2.00. The molecule has 0 saturated heterocycles. The predicted molar refractivity (Wildman–Crippen MR) is 85.3 cm³/mol. The van der Waals surface area contributed by atoms with Crippen molar-refractivity contribution in [2.24, 2.45) is 5.10 Å². The minimum absolute atomic E-state index is 0.0604. The van der Waals surface area contributed by atoms with Gasteiger partial charge in [0.05, 0.1) is 16.3 Å². The first-order chi connectivity index (χ1) is 10.1. The van der Waals surface area contributed by atoms with Crippen molar-refractivity contribution in [2.45, 2.75) is 6.92 Å². The van der Waals surface area contributed by atoms with Crippen LogP contribution in [0.4, 0.5) is 11.4 Å². The summed E-state index contributed by atoms with van der Waals surface area (Å²) in [7, 11) is 0. The number of nitrogens with one attached hydrogen (secondary N) is 1. The maximum atomic E-state index is 10.5. The normalized spacial score (nSPS) is 11.6. The maximum absolute atomic E-state index is 10.5. The molecule has 2 rings (SSSR count). The molecule has 0 amide bonds. The van der Waals surface area contributed by atoms with E-state index in [1.807, 2.05) is 49.4 Å². The Kier molecular flexibility index (Phi) is 4.82. The van der Waals surface area contributed by atoms with E-state index in [0.717, 1.165) is 11.3 Å². The minimum atomic E-state index is -0.430. The number of benzene rings is 2. The predicted octanol–water partition coefficient (Wildman–Crippen LogP) is 4.10. The zero-order chi connectivity index (χ0) is 15.1. The number of hydrazone groups is 1. The Balaban J connectivity index is 1.97. The fraction of sp³-hybridized carbons (Fsp3) is 0.0625. The van der Waals surface area contributed by atoms with Gasteiger partial charge < -0.3 is 0 Å². The summed E-state index contributed by atoms with van der Waals surface area (Å²) in [4.78, 5) is 10.1. The van der Waals surface area contributed by atoms with Crippen LogP contribution >= 0.6 is 0 Å². The molecule has 0 aliphatic rings. The smallest absolute Gasteiger partial charge is 0.269 e. The Hall–Kier alpha value is -2.95. The van der Waals surface area contributed by atoms with E-state index in [0.29, 0.717) is 5.69 Å². The number of rotatable bonds is 5. The molecule has 0 fully saturated rings. The van der Waals surface area contributed by atoms with Crippen LogP contribution in [-0.4, -0.2) is 10.6 Å². The van der Waals surface area contributed by atoms with Crippen LogP contribution in [0, 0.1) is 10.1 Å². The van der Waals surface area contributed by atoms with Crippen molar-refractivity contribution in [1.29, 1.82) is 0 Å². The monoisotopic (exact) mass is 281 g/mol. The highest BCUT2D eigenvalue weighted by atomic mass is 16.6. The van der Waals surface area contributed by atoms with E-state index in [9.17, 15) is 10.1 Å². The second-order valence-electron chi connectivity index (χ2n) is 4.41. The van der Waals surface area contributed by atoms with Crippen molar-refractivity contribution in [1.82, 2.24) is 0 Å². The Morgan fingerprint density at radius 1 is 1.14 bits per heavy atom. The summed E-state index contributed by atoms with van der Waals surface area (Å²) in [6.07, 6.45) is 3.87. The summed E-state index contributed by atoms with van der Waals surface area (Å²) in [5, 5.41) is 14.7. The fourth-order valence-corrected chi connectivity index (χ4v) is 1.63. The van der Waals surface area contributed by atoms with Gasteiger partial charge in [0.15, 0.2) is 0 Å². The van der Waals surface area contributed by atoms with Crippen molar-refractivity contribution >= 4 is 23.2 Å². The molecule has 2 aromatic rings. The van der Waals surface area contributed by atoms with Crippen LogP contribution < -0.4 is 5.43 Å². The molecule has 106 valence electrons. The molecule has 2 aromatic carbocycles. The van der Waals surface area contributed by atoms with E-state index in [1.54, 1.807) is 12.1 Å². The van der Waals surface area contributed by atoms with Crippen LogP contribution in [-0.2, 0) is 0 Å². The summed E-state index contributed by atoms with van der Waals surface area (Å²) in [6, 6.07) is 16.0. The van der Waals surface area contributed by atoms with Gasteiger partial charge in [-0.05, 0) is 30.7 Å². The molecule has 0 unspecified atom stereocenters. The summed E-state index contributed by atoms with van der Waals surface area (Å²) in [5.41, 5.74) is 5.53. The molecule has 5 nitrogen and oxygen atoms in total. The maximum Gasteiger partial charge on any atom is 0.269 e. The van der Waals surface area contributed by atoms with Crippen molar-refractivity contribution in [3.05, 3.63) is 76.4 Å². The Morgan fingerprint density at radius 2 is 1.81 bits per heavy atom. The number of anilines is 1. The highest BCUT2D eigenvalue weighted by Gasteiger charge is 2.02. The van der Waals surface area contributed by atoms with Crippen LogP contribution in [0.2, 0.25) is 0 Å². The number of nitro groups is 1. The van der Waals surface area contributed by atoms with Crippen LogP contribution in [0.25, 0.3) is 6.08 Å². The van der Waals surface area contributed by atoms with Crippen molar-refractivity contribution in [3.8, 4) is 0 Å². The van der Waals surface area contributed by atoms with Crippen LogP contribution in [0.3, 0.4) is 0 Å². The van der Waals surface area contributed by atoms with Gasteiger partial charge in [-0.25, -0.2) is 0 Å². The highest BCUT2D eigenvalue weighted by Crippen LogP contribution is 2.15. The van der Waals surface area contributed by atoms with Crippen LogP contribution in [0.5, 0.6) is 0 Å². The molecule has 5 heteroatoms. The van der Waals surface area contributed by atoms with Gasteiger partial charge in [0, 0.05) is 12.1 Å². The highest BCUT2D eigenvalue weighted by molar-refractivity contribution is 5.96. The van der Waals surface area contributed by atoms with Gasteiger partial charge in [-0.15, -0.1) is 0 Å². The zero-order valence-electron chi connectivity index (χ0n) is 11.6. The molecule has 0 aliphatic carbocycles. The molecule has 0 saturated carbocycles. The molecule has 0 atom stereocenters. The Labute approximate surface area is 122 Å². The number of non-ortho nitro benzene ring substituents is 1. The third-order valence-corrected chi connectivity index (χ3v) is 2.76. The standard InChI is InChI=1S/C16H15N3O2/c1-13(7-8-14-5-3-2-4-6-14)17-18-15-9-11-16(12-10-15)19(20)21/h2-12,18H,1H3/b8-7+,17-13-. The van der Waals surface area contributed by atoms with E-state index < -0.39 is 4.92 Å². The second-order valence-corrected chi connectivity index (χ2v) is 4.41. The lowest BCUT2D eigenvalue weighted by Crippen LogP contribution is -1.95. The molecule has 0 aliphatic heterocycles. The molecule has 1 N–H and O–H groups in total. The number of nitrogens with zero attached hydrogens (tertiary/aromatic N) is 2. The van der Waals surface area contributed by atoms with E-state index in [4.69, 9.17) is 0 Å². The molecule has 0 bridgehead atoms. The SMILES string of the molecule is CC(/C=C/c1ccccc1)=N/Nc1ccc([N+](=O)[O-])cc1. The number of hydrogen-bond donors (Lipinski definition) is 1. The molecule has 21 heavy (non-hydrogen) atoms. The first kappa shape index (κ1) is 14.5. The first-order valence-corrected chi connectivity index (χ1v) is 6.43. The zero-order valence-corrected chi connectivity index (χ0v) is 11.6. The summed E-state index contributed by atoms with van der Waals surface area (Å²) >= 11 is 0. The second kappa shape index (κ2) is 7.00. The Morgan fingerprint density at radius 3 is 2.43 bits per heavy atom. The third-order valence-electron chi connectivity index (χ3n) is 2.76. The average Bonchev–Trinajstić information content (AvgIpc) is 2.52. The van der Waals surface area contributed by atoms with E-state index in [2.05, 4.69) is 10.5 Å². The summed E-state index contributed by atoms with van der Waals surface area (Å²) in [5.74, 6) is 0. The molecule has 0 heterocycles. The van der Waals surface area contributed by atoms with Gasteiger partial charge in [0.1, 0.15) is 0 Å². The van der Waals surface area contributed by atoms with Gasteiger partial charge in [-0.1, -0.05) is 36.4 Å². The quantitative estimate of drug-likeness (QED) is 0.509. The van der Waals surface area contributed by atoms with Gasteiger partial charge in [0.2, 0.25) is 0 Å². The third kappa shape index (κ3) is 4.58. The number of allylic oxidation sites excluding steroid dienone is 1. The number of nitro benzene ring substituents is 1. The van der Waals surface area contributed by atoms with Crippen molar-refractivity contribution in [3.63, 3.8) is 0 Å². The first-order valence-electron chi connectivity index (χ1n) is 6.43. The van der Waals surface area contributed by atoms with Crippen molar-refractivity contribution < 1.29 is 4.92 Å². The lowest BCUT2D eigenvalue weighted by molar-refractivity contribution is -0.384. The van der Waals surface area contributed by atoms with Crippen LogP contribution in [0.15, 0.2) is 65.8 Å². The topological polar surface area (TPSA) is 67.5 Å². The molecule has 0 radical (unpaired) electrons. The van der Waals surface area contributed by atoms with E-state index >= 15 is 0 Å². The van der Waals surface area contributed by atoms with Gasteiger partial charge in [-0.2, -0.15) is 5.10 Å². The van der Waals surface area contributed by atoms with Gasteiger partial charge >= 0.3 is 0 Å². The number of hydrogen-bond acceptors (Lipinski definition) is 4. The average molecular weight is 281 g/mol. The molecule has 0 spiro atoms.